The summed E-state index contributed by atoms with van der Waals surface area (Å²) in [7, 11) is -4.10. The van der Waals surface area contributed by atoms with Gasteiger partial charge in [-0.3, -0.25) is 25.0 Å². The molecule has 0 aliphatic carbocycles. The second-order valence-electron chi connectivity index (χ2n) is 7.49. The molecule has 2 aromatic rings. The molecular weight excluding hydrogens is 470 g/mol. The molecule has 0 saturated carbocycles. The van der Waals surface area contributed by atoms with Crippen LogP contribution in [-0.4, -0.2) is 49.1 Å². The van der Waals surface area contributed by atoms with Crippen molar-refractivity contribution in [1.82, 2.24) is 21.2 Å². The Kier molecular flexibility index (Phi) is 8.66. The smallest absolute Gasteiger partial charge is 0.280 e. The minimum atomic E-state index is -4.10. The van der Waals surface area contributed by atoms with Crippen molar-refractivity contribution in [1.29, 1.82) is 0 Å². The van der Waals surface area contributed by atoms with Gasteiger partial charge in [-0.2, -0.15) is 0 Å². The molecule has 6 N–H and O–H groups in total. The van der Waals surface area contributed by atoms with Gasteiger partial charge in [0.2, 0.25) is 0 Å². The fraction of sp³-hybridized carbons (Fsp3) is 0.400. The zero-order chi connectivity index (χ0) is 24.8. The van der Waals surface area contributed by atoms with Crippen molar-refractivity contribution in [3.63, 3.8) is 0 Å². The number of sulfone groups is 1. The summed E-state index contributed by atoms with van der Waals surface area (Å²) in [5.74, 6) is 1.76. The van der Waals surface area contributed by atoms with Crippen molar-refractivity contribution in [2.24, 2.45) is 5.84 Å². The SMILES string of the molecule is CCC[C@](C(=O)NN)(c1ccc(C)cc1[C@H](CNC(=O)c1nccs1)C(=O)NO)S(C)(=O)=O. The number of hydrazine groups is 1. The van der Waals surface area contributed by atoms with Gasteiger partial charge in [0.05, 0.1) is 5.92 Å². The normalized spacial score (nSPS) is 14.1. The number of hydroxylamine groups is 1. The van der Waals surface area contributed by atoms with E-state index in [1.165, 1.54) is 12.3 Å². The van der Waals surface area contributed by atoms with E-state index in [-0.39, 0.29) is 29.1 Å². The van der Waals surface area contributed by atoms with Gasteiger partial charge >= 0.3 is 0 Å². The summed E-state index contributed by atoms with van der Waals surface area (Å²) in [6.07, 6.45) is 2.58. The van der Waals surface area contributed by atoms with E-state index in [1.54, 1.807) is 36.8 Å². The fourth-order valence-corrected chi connectivity index (χ4v) is 5.87. The molecule has 0 spiro atoms. The number of nitrogens with two attached hydrogens (primary N) is 1. The summed E-state index contributed by atoms with van der Waals surface area (Å²) in [6, 6.07) is 4.61. The van der Waals surface area contributed by atoms with E-state index in [1.807, 2.05) is 5.43 Å². The molecule has 11 nitrogen and oxygen atoms in total. The highest BCUT2D eigenvalue weighted by Gasteiger charge is 2.51. The van der Waals surface area contributed by atoms with E-state index >= 15 is 0 Å². The Morgan fingerprint density at radius 2 is 2.00 bits per heavy atom. The van der Waals surface area contributed by atoms with E-state index in [0.717, 1.165) is 17.6 Å². The number of amides is 3. The van der Waals surface area contributed by atoms with Crippen molar-refractivity contribution in [3.05, 3.63) is 51.5 Å². The van der Waals surface area contributed by atoms with Gasteiger partial charge in [-0.05, 0) is 24.5 Å². The molecule has 13 heteroatoms. The molecule has 3 amide bonds. The second-order valence-corrected chi connectivity index (χ2v) is 10.6. The molecule has 0 aliphatic rings. The number of rotatable bonds is 10. The van der Waals surface area contributed by atoms with Crippen LogP contribution in [0, 0.1) is 6.92 Å². The van der Waals surface area contributed by atoms with Crippen LogP contribution in [0.3, 0.4) is 0 Å². The highest BCUT2D eigenvalue weighted by molar-refractivity contribution is 7.92. The van der Waals surface area contributed by atoms with E-state index in [0.29, 0.717) is 12.0 Å². The second kappa shape index (κ2) is 10.8. The molecule has 180 valence electrons. The van der Waals surface area contributed by atoms with Gasteiger partial charge in [-0.1, -0.05) is 37.1 Å². The van der Waals surface area contributed by atoms with Gasteiger partial charge < -0.3 is 5.32 Å². The van der Waals surface area contributed by atoms with Crippen LogP contribution in [0.25, 0.3) is 0 Å². The average molecular weight is 498 g/mol. The van der Waals surface area contributed by atoms with Crippen molar-refractivity contribution in [3.8, 4) is 0 Å². The molecule has 0 unspecified atom stereocenters. The van der Waals surface area contributed by atoms with Crippen molar-refractivity contribution in [2.75, 3.05) is 12.8 Å². The monoisotopic (exact) mass is 497 g/mol. The molecule has 0 saturated heterocycles. The van der Waals surface area contributed by atoms with Crippen LogP contribution in [0.2, 0.25) is 0 Å². The lowest BCUT2D eigenvalue weighted by Gasteiger charge is -2.33. The predicted molar refractivity (Wildman–Crippen MR) is 122 cm³/mol. The molecule has 1 aromatic heterocycles. The highest BCUT2D eigenvalue weighted by atomic mass is 32.2. The third-order valence-electron chi connectivity index (χ3n) is 5.27. The zero-order valence-corrected chi connectivity index (χ0v) is 20.0. The molecule has 2 rings (SSSR count). The molecule has 0 radical (unpaired) electrons. The van der Waals surface area contributed by atoms with E-state index in [2.05, 4.69) is 10.3 Å². The van der Waals surface area contributed by atoms with Gasteiger partial charge in [-0.15, -0.1) is 11.3 Å². The third-order valence-corrected chi connectivity index (χ3v) is 7.92. The lowest BCUT2D eigenvalue weighted by Crippen LogP contribution is -2.52. The average Bonchev–Trinajstić information content (AvgIpc) is 3.31. The van der Waals surface area contributed by atoms with Crippen molar-refractivity contribution < 1.29 is 28.0 Å². The van der Waals surface area contributed by atoms with E-state index in [9.17, 15) is 28.0 Å². The van der Waals surface area contributed by atoms with Gasteiger partial charge in [-0.25, -0.2) is 24.7 Å². The molecular formula is C20H27N5O6S2. The van der Waals surface area contributed by atoms with Crippen LogP contribution in [0.1, 0.15) is 52.2 Å². The summed E-state index contributed by atoms with van der Waals surface area (Å²) < 4.78 is 24.0. The number of hydrogen-bond acceptors (Lipinski definition) is 9. The maximum absolute atomic E-state index is 13.0. The van der Waals surface area contributed by atoms with Gasteiger partial charge in [0.1, 0.15) is 0 Å². The summed E-state index contributed by atoms with van der Waals surface area (Å²) in [4.78, 5) is 41.9. The first-order valence-electron chi connectivity index (χ1n) is 9.96. The Hall–Kier alpha value is -2.87. The Bertz CT molecular complexity index is 1120. The Morgan fingerprint density at radius 1 is 1.30 bits per heavy atom. The molecule has 2 atom stereocenters. The summed E-state index contributed by atoms with van der Waals surface area (Å²) in [5.41, 5.74) is 4.36. The topological polar surface area (TPSA) is 181 Å². The van der Waals surface area contributed by atoms with Crippen LogP contribution < -0.4 is 22.1 Å². The molecule has 0 fully saturated rings. The minimum absolute atomic E-state index is 0.0393. The van der Waals surface area contributed by atoms with Gasteiger partial charge in [0.25, 0.3) is 17.7 Å². The zero-order valence-electron chi connectivity index (χ0n) is 18.4. The standard InChI is InChI=1S/C20H27N5O6S2/c1-4-7-20(19(28)24-21,33(3,30)31)15-6-5-12(2)10-13(15)14(16(26)25-29)11-23-17(27)18-22-8-9-32-18/h5-6,8-10,14,29H,4,7,11,21H2,1-3H3,(H,23,27)(H,24,28)(H,25,26)/t14-,20+/m0/s1. The third kappa shape index (κ3) is 5.38. The summed E-state index contributed by atoms with van der Waals surface area (Å²) in [6.45, 7) is 3.14. The Labute approximate surface area is 195 Å². The number of nitrogens with zero attached hydrogens (tertiary/aromatic N) is 1. The largest absolute Gasteiger partial charge is 0.349 e. The summed E-state index contributed by atoms with van der Waals surface area (Å²) in [5, 5.41) is 13.7. The number of aromatic nitrogens is 1. The number of aryl methyl sites for hydroxylation is 1. The lowest BCUT2D eigenvalue weighted by atomic mass is 9.82. The van der Waals surface area contributed by atoms with Gasteiger partial charge in [0, 0.05) is 24.4 Å². The van der Waals surface area contributed by atoms with Crippen LogP contribution in [0.4, 0.5) is 0 Å². The number of benzene rings is 1. The highest BCUT2D eigenvalue weighted by Crippen LogP contribution is 2.40. The van der Waals surface area contributed by atoms with E-state index in [4.69, 9.17) is 5.84 Å². The number of carbonyl (C=O) groups excluding carboxylic acids is 3. The van der Waals surface area contributed by atoms with Crippen molar-refractivity contribution in [2.45, 2.75) is 37.4 Å². The first-order valence-corrected chi connectivity index (χ1v) is 12.7. The Morgan fingerprint density at radius 3 is 2.52 bits per heavy atom. The molecule has 0 bridgehead atoms. The molecule has 33 heavy (non-hydrogen) atoms. The van der Waals surface area contributed by atoms with Crippen molar-refractivity contribution >= 4 is 38.9 Å². The fourth-order valence-electron chi connectivity index (χ4n) is 3.76. The van der Waals surface area contributed by atoms with E-state index < -0.39 is 38.2 Å². The Balaban J connectivity index is 2.70. The van der Waals surface area contributed by atoms with Crippen LogP contribution in [0.5, 0.6) is 0 Å². The number of nitrogens with one attached hydrogen (secondary N) is 3. The number of thiazole rings is 1. The quantitative estimate of drug-likeness (QED) is 0.136. The summed E-state index contributed by atoms with van der Waals surface area (Å²) >= 11 is 1.10. The first-order chi connectivity index (χ1) is 15.5. The molecule has 1 aromatic carbocycles. The molecule has 0 aliphatic heterocycles. The predicted octanol–water partition coefficient (Wildman–Crippen LogP) is 0.500. The van der Waals surface area contributed by atoms with Crippen LogP contribution >= 0.6 is 11.3 Å². The van der Waals surface area contributed by atoms with Gasteiger partial charge in [0.15, 0.2) is 19.6 Å². The van der Waals surface area contributed by atoms with Crippen LogP contribution in [-0.2, 0) is 24.2 Å². The number of hydrogen-bond donors (Lipinski definition) is 5. The van der Waals surface area contributed by atoms with Crippen LogP contribution in [0.15, 0.2) is 29.8 Å². The lowest BCUT2D eigenvalue weighted by molar-refractivity contribution is -0.130. The number of carbonyl (C=O) groups is 3. The molecule has 1 heterocycles. The minimum Gasteiger partial charge on any atom is -0.349 e. The first kappa shape index (κ1) is 26.4. The maximum atomic E-state index is 13.0. The maximum Gasteiger partial charge on any atom is 0.280 e.